The van der Waals surface area contributed by atoms with Gasteiger partial charge in [0.1, 0.15) is 11.5 Å². The van der Waals surface area contributed by atoms with Gasteiger partial charge in [0.05, 0.1) is 5.56 Å². The zero-order chi connectivity index (χ0) is 19.3. The normalized spacial score (nSPS) is 11.5. The first-order chi connectivity index (χ1) is 12.3. The lowest BCUT2D eigenvalue weighted by molar-refractivity contribution is 0.101. The van der Waals surface area contributed by atoms with E-state index in [-0.39, 0.29) is 22.7 Å². The molecule has 0 aromatic heterocycles. The molecule has 2 aromatic rings. The van der Waals surface area contributed by atoms with Crippen molar-refractivity contribution in [2.24, 2.45) is 0 Å². The van der Waals surface area contributed by atoms with Crippen LogP contribution in [-0.4, -0.2) is 16.0 Å². The van der Waals surface area contributed by atoms with Gasteiger partial charge >= 0.3 is 0 Å². The van der Waals surface area contributed by atoms with Crippen molar-refractivity contribution in [2.45, 2.75) is 65.2 Å². The predicted octanol–water partition coefficient (Wildman–Crippen LogP) is 6.22. The van der Waals surface area contributed by atoms with E-state index >= 15 is 0 Å². The first-order valence-corrected chi connectivity index (χ1v) is 9.44. The van der Waals surface area contributed by atoms with Crippen molar-refractivity contribution in [1.29, 1.82) is 0 Å². The molecule has 26 heavy (non-hydrogen) atoms. The SMILES string of the molecule is CCCCCCC(C)(C)c1cc(O)c(-c2cccc(C(C)=O)c2)c(O)c1. The van der Waals surface area contributed by atoms with E-state index in [1.165, 1.54) is 26.2 Å². The number of ketones is 1. The summed E-state index contributed by atoms with van der Waals surface area (Å²) < 4.78 is 0. The van der Waals surface area contributed by atoms with Crippen LogP contribution in [0.5, 0.6) is 11.5 Å². The highest BCUT2D eigenvalue weighted by atomic mass is 16.3. The van der Waals surface area contributed by atoms with Crippen LogP contribution in [0.4, 0.5) is 0 Å². The van der Waals surface area contributed by atoms with Gasteiger partial charge < -0.3 is 10.2 Å². The Bertz CT molecular complexity index is 752. The molecule has 3 nitrogen and oxygen atoms in total. The molecule has 2 rings (SSSR count). The molecule has 0 aliphatic rings. The maximum Gasteiger partial charge on any atom is 0.159 e. The quantitative estimate of drug-likeness (QED) is 0.437. The van der Waals surface area contributed by atoms with Crippen LogP contribution in [-0.2, 0) is 5.41 Å². The molecule has 0 aliphatic heterocycles. The minimum atomic E-state index is -0.123. The van der Waals surface area contributed by atoms with Crippen molar-refractivity contribution < 1.29 is 15.0 Å². The molecule has 0 bridgehead atoms. The molecule has 0 atom stereocenters. The van der Waals surface area contributed by atoms with Gasteiger partial charge in [-0.15, -0.1) is 0 Å². The Hall–Kier alpha value is -2.29. The summed E-state index contributed by atoms with van der Waals surface area (Å²) in [6, 6.07) is 10.5. The Balaban J connectivity index is 2.33. The van der Waals surface area contributed by atoms with Gasteiger partial charge in [0.2, 0.25) is 0 Å². The van der Waals surface area contributed by atoms with Crippen molar-refractivity contribution >= 4 is 5.78 Å². The molecule has 3 heteroatoms. The number of benzene rings is 2. The maximum absolute atomic E-state index is 11.6. The summed E-state index contributed by atoms with van der Waals surface area (Å²) in [6.45, 7) is 7.98. The van der Waals surface area contributed by atoms with Gasteiger partial charge in [0.15, 0.2) is 5.78 Å². The molecular formula is C23H30O3. The number of phenols is 2. The number of phenolic OH excluding ortho intramolecular Hbond substituents is 2. The van der Waals surface area contributed by atoms with Gasteiger partial charge in [-0.3, -0.25) is 4.79 Å². The standard InChI is InChI=1S/C23H30O3/c1-5-6-7-8-12-23(3,4)19-14-20(25)22(21(26)15-19)18-11-9-10-17(13-18)16(2)24/h9-11,13-15,25-26H,5-8,12H2,1-4H3. The van der Waals surface area contributed by atoms with Gasteiger partial charge in [-0.1, -0.05) is 64.7 Å². The Morgan fingerprint density at radius 2 is 1.65 bits per heavy atom. The van der Waals surface area contributed by atoms with Crippen molar-refractivity contribution in [1.82, 2.24) is 0 Å². The fourth-order valence-electron chi connectivity index (χ4n) is 3.33. The van der Waals surface area contributed by atoms with Gasteiger partial charge in [0, 0.05) is 5.56 Å². The lowest BCUT2D eigenvalue weighted by Crippen LogP contribution is -2.17. The van der Waals surface area contributed by atoms with Crippen LogP contribution in [0.3, 0.4) is 0 Å². The molecule has 0 spiro atoms. The van der Waals surface area contributed by atoms with Gasteiger partial charge in [-0.25, -0.2) is 0 Å². The summed E-state index contributed by atoms with van der Waals surface area (Å²) in [5.74, 6) is 0.0420. The highest BCUT2D eigenvalue weighted by molar-refractivity contribution is 5.95. The third-order valence-corrected chi connectivity index (χ3v) is 5.09. The molecule has 140 valence electrons. The molecule has 0 amide bonds. The van der Waals surface area contributed by atoms with Crippen LogP contribution in [0.1, 0.15) is 75.7 Å². The minimum absolute atomic E-state index is 0.0438. The summed E-state index contributed by atoms with van der Waals surface area (Å²) in [7, 11) is 0. The van der Waals surface area contributed by atoms with E-state index < -0.39 is 0 Å². The highest BCUT2D eigenvalue weighted by Gasteiger charge is 2.23. The van der Waals surface area contributed by atoms with Crippen molar-refractivity contribution in [3.05, 3.63) is 47.5 Å². The molecule has 0 saturated heterocycles. The van der Waals surface area contributed by atoms with Crippen molar-refractivity contribution in [3.8, 4) is 22.6 Å². The molecule has 0 saturated carbocycles. The topological polar surface area (TPSA) is 57.5 Å². The molecule has 0 unspecified atom stereocenters. The van der Waals surface area contributed by atoms with Gasteiger partial charge in [-0.2, -0.15) is 0 Å². The van der Waals surface area contributed by atoms with Gasteiger partial charge in [0.25, 0.3) is 0 Å². The Morgan fingerprint density at radius 3 is 2.23 bits per heavy atom. The highest BCUT2D eigenvalue weighted by Crippen LogP contribution is 2.42. The average molecular weight is 354 g/mol. The van der Waals surface area contributed by atoms with Crippen molar-refractivity contribution in [2.75, 3.05) is 0 Å². The van der Waals surface area contributed by atoms with E-state index in [0.717, 1.165) is 18.4 Å². The number of carbonyl (C=O) groups is 1. The Kier molecular flexibility index (Phi) is 6.47. The monoisotopic (exact) mass is 354 g/mol. The van der Waals surface area contributed by atoms with Gasteiger partial charge in [-0.05, 0) is 48.1 Å². The smallest absolute Gasteiger partial charge is 0.159 e. The second-order valence-corrected chi connectivity index (χ2v) is 7.72. The van der Waals surface area contributed by atoms with E-state index in [9.17, 15) is 15.0 Å². The lowest BCUT2D eigenvalue weighted by atomic mass is 9.79. The second kappa shape index (κ2) is 8.39. The van der Waals surface area contributed by atoms with E-state index in [4.69, 9.17) is 0 Å². The second-order valence-electron chi connectivity index (χ2n) is 7.72. The molecule has 0 fully saturated rings. The summed E-state index contributed by atoms with van der Waals surface area (Å²) in [4.78, 5) is 11.6. The average Bonchev–Trinajstić information content (AvgIpc) is 2.58. The fourth-order valence-corrected chi connectivity index (χ4v) is 3.33. The predicted molar refractivity (Wildman–Crippen MR) is 107 cm³/mol. The van der Waals surface area contributed by atoms with E-state index in [1.807, 2.05) is 0 Å². The molecule has 0 heterocycles. The van der Waals surface area contributed by atoms with Crippen LogP contribution >= 0.6 is 0 Å². The number of hydrogen-bond acceptors (Lipinski definition) is 3. The van der Waals surface area contributed by atoms with Crippen molar-refractivity contribution in [3.63, 3.8) is 0 Å². The van der Waals surface area contributed by atoms with Crippen LogP contribution in [0.2, 0.25) is 0 Å². The number of aromatic hydroxyl groups is 2. The van der Waals surface area contributed by atoms with Crippen LogP contribution in [0, 0.1) is 0 Å². The molecule has 2 aromatic carbocycles. The van der Waals surface area contributed by atoms with E-state index in [0.29, 0.717) is 16.7 Å². The number of carbonyl (C=O) groups excluding carboxylic acids is 1. The number of unbranched alkanes of at least 4 members (excludes halogenated alkanes) is 3. The summed E-state index contributed by atoms with van der Waals surface area (Å²) in [5, 5.41) is 21.2. The molecule has 0 aliphatic carbocycles. The Labute approximate surface area is 156 Å². The number of rotatable bonds is 8. The summed E-state index contributed by atoms with van der Waals surface area (Å²) >= 11 is 0. The summed E-state index contributed by atoms with van der Waals surface area (Å²) in [6.07, 6.45) is 5.78. The molecular weight excluding hydrogens is 324 g/mol. The third kappa shape index (κ3) is 4.66. The zero-order valence-electron chi connectivity index (χ0n) is 16.3. The number of hydrogen-bond donors (Lipinski definition) is 2. The molecule has 2 N–H and O–H groups in total. The number of Topliss-reactive ketones (excluding diaryl/α,β-unsaturated/α-hetero) is 1. The van der Waals surface area contributed by atoms with Crippen LogP contribution in [0.15, 0.2) is 36.4 Å². The maximum atomic E-state index is 11.6. The van der Waals surface area contributed by atoms with E-state index in [2.05, 4.69) is 20.8 Å². The largest absolute Gasteiger partial charge is 0.507 e. The minimum Gasteiger partial charge on any atom is -0.507 e. The first kappa shape index (κ1) is 20.0. The Morgan fingerprint density at radius 1 is 1.00 bits per heavy atom. The first-order valence-electron chi connectivity index (χ1n) is 9.44. The van der Waals surface area contributed by atoms with E-state index in [1.54, 1.807) is 36.4 Å². The third-order valence-electron chi connectivity index (χ3n) is 5.09. The lowest BCUT2D eigenvalue weighted by Gasteiger charge is -2.26. The molecule has 0 radical (unpaired) electrons. The van der Waals surface area contributed by atoms with Crippen LogP contribution in [0.25, 0.3) is 11.1 Å². The summed E-state index contributed by atoms with van der Waals surface area (Å²) in [5.41, 5.74) is 2.37. The van der Waals surface area contributed by atoms with Crippen LogP contribution < -0.4 is 0 Å². The fraction of sp³-hybridized carbons (Fsp3) is 0.435. The zero-order valence-corrected chi connectivity index (χ0v) is 16.3.